The van der Waals surface area contributed by atoms with Crippen molar-refractivity contribution in [2.45, 2.75) is 19.4 Å². The van der Waals surface area contributed by atoms with Gasteiger partial charge in [-0.15, -0.1) is 6.42 Å². The highest BCUT2D eigenvalue weighted by atomic mass is 16.2. The van der Waals surface area contributed by atoms with E-state index < -0.39 is 23.2 Å². The Kier molecular flexibility index (Phi) is 3.67. The van der Waals surface area contributed by atoms with Gasteiger partial charge in [0.2, 0.25) is 0 Å². The monoisotopic (exact) mass is 221 g/mol. The lowest BCUT2D eigenvalue weighted by Crippen LogP contribution is -2.36. The number of hydrogen-bond acceptors (Lipinski definition) is 3. The minimum absolute atomic E-state index is 0.109. The summed E-state index contributed by atoms with van der Waals surface area (Å²) >= 11 is 0. The second kappa shape index (κ2) is 4.98. The Morgan fingerprint density at radius 1 is 1.56 bits per heavy atom. The molecule has 0 radical (unpaired) electrons. The first kappa shape index (κ1) is 11.8. The Bertz CT molecular complexity index is 507. The van der Waals surface area contributed by atoms with Crippen LogP contribution in [0.3, 0.4) is 0 Å². The van der Waals surface area contributed by atoms with E-state index in [9.17, 15) is 14.4 Å². The number of nitrogens with one attached hydrogen (secondary N) is 3. The molecule has 1 atom stereocenters. The molecule has 0 fully saturated rings. The lowest BCUT2D eigenvalue weighted by atomic mass is 10.2. The van der Waals surface area contributed by atoms with Crippen molar-refractivity contribution in [3.8, 4) is 12.3 Å². The maximum Gasteiger partial charge on any atom is 0.326 e. The predicted molar refractivity (Wildman–Crippen MR) is 58.1 cm³/mol. The highest BCUT2D eigenvalue weighted by Crippen LogP contribution is 1.92. The Hall–Kier alpha value is -2.29. The number of aromatic nitrogens is 2. The minimum atomic E-state index is -0.730. The summed E-state index contributed by atoms with van der Waals surface area (Å²) in [5, 5.41) is 2.49. The number of amides is 1. The lowest BCUT2D eigenvalue weighted by molar-refractivity contribution is 0.0939. The summed E-state index contributed by atoms with van der Waals surface area (Å²) in [7, 11) is 0. The smallest absolute Gasteiger partial charge is 0.326 e. The van der Waals surface area contributed by atoms with Gasteiger partial charge in [-0.3, -0.25) is 14.6 Å². The van der Waals surface area contributed by atoms with Crippen LogP contribution in [0.5, 0.6) is 0 Å². The van der Waals surface area contributed by atoms with Crippen molar-refractivity contribution < 1.29 is 4.79 Å². The molecule has 1 heterocycles. The second-order valence-corrected chi connectivity index (χ2v) is 3.10. The zero-order chi connectivity index (χ0) is 12.1. The number of terminal acetylenes is 1. The molecule has 6 heteroatoms. The van der Waals surface area contributed by atoms with Crippen molar-refractivity contribution in [2.24, 2.45) is 0 Å². The Labute approximate surface area is 91.1 Å². The van der Waals surface area contributed by atoms with E-state index >= 15 is 0 Å². The number of carbonyl (C=O) groups is 1. The Balaban J connectivity index is 2.94. The molecule has 0 aliphatic heterocycles. The molecule has 0 bridgehead atoms. The fraction of sp³-hybridized carbons (Fsp3) is 0.300. The summed E-state index contributed by atoms with van der Waals surface area (Å²) in [6, 6.07) is 0.579. The number of H-pyrrole nitrogens is 2. The van der Waals surface area contributed by atoms with Crippen molar-refractivity contribution in [3.05, 3.63) is 32.6 Å². The normalized spacial score (nSPS) is 11.5. The summed E-state index contributed by atoms with van der Waals surface area (Å²) in [4.78, 5) is 37.6. The highest BCUT2D eigenvalue weighted by Gasteiger charge is 2.11. The molecule has 1 amide bonds. The van der Waals surface area contributed by atoms with E-state index in [0.717, 1.165) is 6.07 Å². The molecule has 6 nitrogen and oxygen atoms in total. The molecule has 1 unspecified atom stereocenters. The van der Waals surface area contributed by atoms with Crippen LogP contribution in [0.1, 0.15) is 23.8 Å². The Morgan fingerprint density at radius 2 is 2.25 bits per heavy atom. The summed E-state index contributed by atoms with van der Waals surface area (Å²) in [6.45, 7) is 1.81. The van der Waals surface area contributed by atoms with Crippen LogP contribution in [0.25, 0.3) is 0 Å². The van der Waals surface area contributed by atoms with Gasteiger partial charge < -0.3 is 10.3 Å². The average molecular weight is 221 g/mol. The summed E-state index contributed by atoms with van der Waals surface area (Å²) in [5.74, 6) is 1.80. The first-order chi connectivity index (χ1) is 7.56. The molecule has 0 aliphatic carbocycles. The van der Waals surface area contributed by atoms with Gasteiger partial charge in [-0.25, -0.2) is 4.79 Å². The molecular weight excluding hydrogens is 210 g/mol. The molecule has 0 saturated heterocycles. The van der Waals surface area contributed by atoms with Crippen LogP contribution in [-0.4, -0.2) is 21.9 Å². The molecule has 1 rings (SSSR count). The zero-order valence-electron chi connectivity index (χ0n) is 8.66. The van der Waals surface area contributed by atoms with Gasteiger partial charge in [0, 0.05) is 6.07 Å². The van der Waals surface area contributed by atoms with Crippen LogP contribution in [0, 0.1) is 12.3 Å². The van der Waals surface area contributed by atoms with E-state index in [1.54, 1.807) is 0 Å². The van der Waals surface area contributed by atoms with Crippen LogP contribution in [0.4, 0.5) is 0 Å². The molecule has 1 aromatic heterocycles. The number of rotatable bonds is 3. The molecule has 0 saturated carbocycles. The SMILES string of the molecule is C#CC(CC)NC(=O)c1cc(=O)[nH]c(=O)[nH]1. The van der Waals surface area contributed by atoms with Gasteiger partial charge in [-0.05, 0) is 6.42 Å². The lowest BCUT2D eigenvalue weighted by Gasteiger charge is -2.09. The molecular formula is C10H11N3O3. The first-order valence-corrected chi connectivity index (χ1v) is 4.67. The van der Waals surface area contributed by atoms with Crippen molar-refractivity contribution in [1.82, 2.24) is 15.3 Å². The van der Waals surface area contributed by atoms with E-state index in [-0.39, 0.29) is 5.69 Å². The van der Waals surface area contributed by atoms with Gasteiger partial charge >= 0.3 is 5.69 Å². The third-order valence-corrected chi connectivity index (χ3v) is 1.92. The molecule has 0 aromatic carbocycles. The van der Waals surface area contributed by atoms with Crippen molar-refractivity contribution in [2.75, 3.05) is 0 Å². The van der Waals surface area contributed by atoms with E-state index in [1.165, 1.54) is 0 Å². The van der Waals surface area contributed by atoms with Crippen LogP contribution in [0.2, 0.25) is 0 Å². The van der Waals surface area contributed by atoms with Gasteiger partial charge in [-0.1, -0.05) is 12.8 Å². The number of carbonyl (C=O) groups excluding carboxylic acids is 1. The minimum Gasteiger partial charge on any atom is -0.337 e. The maximum atomic E-state index is 11.5. The second-order valence-electron chi connectivity index (χ2n) is 3.10. The molecule has 0 aliphatic rings. The van der Waals surface area contributed by atoms with E-state index in [4.69, 9.17) is 6.42 Å². The van der Waals surface area contributed by atoms with Gasteiger partial charge in [0.15, 0.2) is 0 Å². The van der Waals surface area contributed by atoms with E-state index in [0.29, 0.717) is 6.42 Å². The van der Waals surface area contributed by atoms with Crippen LogP contribution < -0.4 is 16.6 Å². The molecule has 16 heavy (non-hydrogen) atoms. The van der Waals surface area contributed by atoms with Crippen molar-refractivity contribution in [3.63, 3.8) is 0 Å². The number of aromatic amines is 2. The van der Waals surface area contributed by atoms with Crippen molar-refractivity contribution in [1.29, 1.82) is 0 Å². The predicted octanol–water partition coefficient (Wildman–Crippen LogP) is -0.795. The van der Waals surface area contributed by atoms with Crippen LogP contribution in [-0.2, 0) is 0 Å². The fourth-order valence-corrected chi connectivity index (χ4v) is 1.09. The molecule has 0 spiro atoms. The topological polar surface area (TPSA) is 94.8 Å². The van der Waals surface area contributed by atoms with E-state index in [1.807, 2.05) is 11.9 Å². The maximum absolute atomic E-state index is 11.5. The average Bonchev–Trinajstić information content (AvgIpc) is 2.24. The summed E-state index contributed by atoms with van der Waals surface area (Å²) in [6.07, 6.45) is 5.73. The Morgan fingerprint density at radius 3 is 2.75 bits per heavy atom. The van der Waals surface area contributed by atoms with E-state index in [2.05, 4.69) is 16.2 Å². The van der Waals surface area contributed by atoms with Gasteiger partial charge in [-0.2, -0.15) is 0 Å². The summed E-state index contributed by atoms with van der Waals surface area (Å²) in [5.41, 5.74) is -1.48. The van der Waals surface area contributed by atoms with Crippen LogP contribution in [0.15, 0.2) is 15.7 Å². The largest absolute Gasteiger partial charge is 0.337 e. The van der Waals surface area contributed by atoms with Gasteiger partial charge in [0.1, 0.15) is 5.69 Å². The highest BCUT2D eigenvalue weighted by molar-refractivity contribution is 5.92. The summed E-state index contributed by atoms with van der Waals surface area (Å²) < 4.78 is 0. The number of hydrogen-bond donors (Lipinski definition) is 3. The molecule has 1 aromatic rings. The van der Waals surface area contributed by atoms with Crippen LogP contribution >= 0.6 is 0 Å². The third-order valence-electron chi connectivity index (χ3n) is 1.92. The molecule has 84 valence electrons. The standard InChI is InChI=1S/C10H11N3O3/c1-3-6(4-2)11-9(15)7-5-8(14)13-10(16)12-7/h1,5-6H,4H2,2H3,(H,11,15)(H2,12,13,14,16). The molecule has 3 N–H and O–H groups in total. The van der Waals surface area contributed by atoms with Gasteiger partial charge in [0.25, 0.3) is 11.5 Å². The first-order valence-electron chi connectivity index (χ1n) is 4.67. The van der Waals surface area contributed by atoms with Crippen molar-refractivity contribution >= 4 is 5.91 Å². The third kappa shape index (κ3) is 2.85. The quantitative estimate of drug-likeness (QED) is 0.583. The zero-order valence-corrected chi connectivity index (χ0v) is 8.66. The fourth-order valence-electron chi connectivity index (χ4n) is 1.09. The van der Waals surface area contributed by atoms with Gasteiger partial charge in [0.05, 0.1) is 6.04 Å².